The van der Waals surface area contributed by atoms with E-state index in [1.807, 2.05) is 13.8 Å². The van der Waals surface area contributed by atoms with Crippen LogP contribution in [-0.2, 0) is 9.53 Å². The van der Waals surface area contributed by atoms with Gasteiger partial charge in [0.15, 0.2) is 0 Å². The van der Waals surface area contributed by atoms with Crippen molar-refractivity contribution in [1.29, 1.82) is 0 Å². The number of carbonyl (C=O) groups is 2. The van der Waals surface area contributed by atoms with Gasteiger partial charge < -0.3 is 15.4 Å². The summed E-state index contributed by atoms with van der Waals surface area (Å²) >= 11 is 0. The van der Waals surface area contributed by atoms with Crippen LogP contribution in [0.2, 0.25) is 0 Å². The highest BCUT2D eigenvalue weighted by atomic mass is 16.6. The Hall–Kier alpha value is -1.26. The van der Waals surface area contributed by atoms with Gasteiger partial charge in [0.05, 0.1) is 0 Å². The van der Waals surface area contributed by atoms with Crippen molar-refractivity contribution in [3.8, 4) is 0 Å². The number of nitrogens with one attached hydrogen (secondary N) is 2. The molecule has 0 heterocycles. The number of amides is 2. The maximum absolute atomic E-state index is 11.5. The lowest BCUT2D eigenvalue weighted by molar-refractivity contribution is -0.123. The van der Waals surface area contributed by atoms with E-state index in [9.17, 15) is 9.59 Å². The van der Waals surface area contributed by atoms with Crippen LogP contribution in [0.3, 0.4) is 0 Å². The molecule has 0 aromatic carbocycles. The van der Waals surface area contributed by atoms with Crippen molar-refractivity contribution < 1.29 is 14.3 Å². The van der Waals surface area contributed by atoms with Gasteiger partial charge in [0.25, 0.3) is 0 Å². The third kappa shape index (κ3) is 5.58. The van der Waals surface area contributed by atoms with E-state index in [1.54, 1.807) is 20.8 Å². The first-order valence-corrected chi connectivity index (χ1v) is 5.38. The van der Waals surface area contributed by atoms with Gasteiger partial charge in [-0.25, -0.2) is 4.79 Å². The molecule has 0 saturated carbocycles. The zero-order valence-corrected chi connectivity index (χ0v) is 10.9. The average Bonchev–Trinajstić information content (AvgIpc) is 2.09. The molecule has 0 fully saturated rings. The van der Waals surface area contributed by atoms with Gasteiger partial charge in [-0.05, 0) is 26.7 Å². The largest absolute Gasteiger partial charge is 0.444 e. The minimum atomic E-state index is -0.574. The molecule has 5 nitrogen and oxygen atoms in total. The summed E-state index contributed by atoms with van der Waals surface area (Å²) in [5.41, 5.74) is -0.561. The molecular weight excluding hydrogens is 208 g/mol. The zero-order valence-electron chi connectivity index (χ0n) is 10.9. The SMILES string of the molecule is CNC(=O)C(NC(=O)OC(C)(C)C)C(C)C. The second-order valence-corrected chi connectivity index (χ2v) is 4.98. The summed E-state index contributed by atoms with van der Waals surface area (Å²) in [6, 6.07) is -0.570. The van der Waals surface area contributed by atoms with Crippen LogP contribution in [0, 0.1) is 5.92 Å². The van der Waals surface area contributed by atoms with Gasteiger partial charge in [-0.3, -0.25) is 4.79 Å². The van der Waals surface area contributed by atoms with Crippen LogP contribution in [0.4, 0.5) is 4.79 Å². The summed E-state index contributed by atoms with van der Waals surface area (Å²) in [5.74, 6) is -0.215. The molecule has 0 saturated heterocycles. The number of alkyl carbamates (subject to hydrolysis) is 1. The van der Waals surface area contributed by atoms with Crippen LogP contribution in [0.5, 0.6) is 0 Å². The first-order valence-electron chi connectivity index (χ1n) is 5.38. The summed E-state index contributed by atoms with van der Waals surface area (Å²) in [6.45, 7) is 9.04. The molecule has 0 radical (unpaired) electrons. The van der Waals surface area contributed by atoms with Gasteiger partial charge in [0.1, 0.15) is 11.6 Å². The van der Waals surface area contributed by atoms with Crippen molar-refractivity contribution in [3.63, 3.8) is 0 Å². The van der Waals surface area contributed by atoms with E-state index in [0.717, 1.165) is 0 Å². The van der Waals surface area contributed by atoms with Gasteiger partial charge in [-0.2, -0.15) is 0 Å². The monoisotopic (exact) mass is 230 g/mol. The molecule has 2 amide bonds. The number of hydrogen-bond acceptors (Lipinski definition) is 3. The molecule has 0 aromatic heterocycles. The number of ether oxygens (including phenoxy) is 1. The predicted octanol–water partition coefficient (Wildman–Crippen LogP) is 1.28. The van der Waals surface area contributed by atoms with Crippen LogP contribution >= 0.6 is 0 Å². The Morgan fingerprint density at radius 3 is 2.00 bits per heavy atom. The lowest BCUT2D eigenvalue weighted by atomic mass is 10.0. The zero-order chi connectivity index (χ0) is 12.9. The number of carbonyl (C=O) groups excluding carboxylic acids is 2. The first kappa shape index (κ1) is 14.7. The van der Waals surface area contributed by atoms with E-state index < -0.39 is 17.7 Å². The fourth-order valence-corrected chi connectivity index (χ4v) is 1.12. The Kier molecular flexibility index (Phi) is 5.27. The van der Waals surface area contributed by atoms with Crippen LogP contribution in [0.25, 0.3) is 0 Å². The molecule has 0 aliphatic rings. The molecule has 0 rings (SSSR count). The highest BCUT2D eigenvalue weighted by Gasteiger charge is 2.25. The van der Waals surface area contributed by atoms with E-state index >= 15 is 0 Å². The highest BCUT2D eigenvalue weighted by Crippen LogP contribution is 2.08. The molecule has 94 valence electrons. The third-order valence-corrected chi connectivity index (χ3v) is 1.87. The summed E-state index contributed by atoms with van der Waals surface area (Å²) in [6.07, 6.45) is -0.574. The van der Waals surface area contributed by atoms with Gasteiger partial charge in [0, 0.05) is 7.05 Å². The lowest BCUT2D eigenvalue weighted by Crippen LogP contribution is -2.50. The van der Waals surface area contributed by atoms with Gasteiger partial charge >= 0.3 is 6.09 Å². The highest BCUT2D eigenvalue weighted by molar-refractivity contribution is 5.85. The smallest absolute Gasteiger partial charge is 0.408 e. The molecule has 0 aliphatic heterocycles. The molecule has 1 atom stereocenters. The Balaban J connectivity index is 4.42. The first-order chi connectivity index (χ1) is 7.17. The van der Waals surface area contributed by atoms with Gasteiger partial charge in [-0.1, -0.05) is 13.8 Å². The molecule has 0 bridgehead atoms. The second kappa shape index (κ2) is 5.72. The van der Waals surface area contributed by atoms with Crippen LogP contribution in [-0.4, -0.2) is 30.7 Å². The van der Waals surface area contributed by atoms with Crippen molar-refractivity contribution in [3.05, 3.63) is 0 Å². The van der Waals surface area contributed by atoms with Crippen molar-refractivity contribution in [1.82, 2.24) is 10.6 Å². The third-order valence-electron chi connectivity index (χ3n) is 1.87. The Morgan fingerprint density at radius 1 is 1.19 bits per heavy atom. The number of likely N-dealkylation sites (N-methyl/N-ethyl adjacent to an activating group) is 1. The fourth-order valence-electron chi connectivity index (χ4n) is 1.12. The molecule has 16 heavy (non-hydrogen) atoms. The lowest BCUT2D eigenvalue weighted by Gasteiger charge is -2.24. The van der Waals surface area contributed by atoms with E-state index in [4.69, 9.17) is 4.74 Å². The van der Waals surface area contributed by atoms with Gasteiger partial charge in [-0.15, -0.1) is 0 Å². The maximum atomic E-state index is 11.5. The fraction of sp³-hybridized carbons (Fsp3) is 0.818. The molecule has 0 aliphatic carbocycles. The molecule has 2 N–H and O–H groups in total. The standard InChI is InChI=1S/C11H22N2O3/c1-7(2)8(9(14)12-6)13-10(15)16-11(3,4)5/h7-8H,1-6H3,(H,12,14)(H,13,15). The summed E-state index contributed by atoms with van der Waals surface area (Å²) in [5, 5.41) is 5.06. The molecule has 0 spiro atoms. The van der Waals surface area contributed by atoms with E-state index in [2.05, 4.69) is 10.6 Å². The van der Waals surface area contributed by atoms with Crippen molar-refractivity contribution in [2.75, 3.05) is 7.05 Å². The van der Waals surface area contributed by atoms with Crippen molar-refractivity contribution >= 4 is 12.0 Å². The number of hydrogen-bond donors (Lipinski definition) is 2. The van der Waals surface area contributed by atoms with Crippen molar-refractivity contribution in [2.24, 2.45) is 5.92 Å². The van der Waals surface area contributed by atoms with Crippen LogP contribution < -0.4 is 10.6 Å². The van der Waals surface area contributed by atoms with Crippen LogP contribution in [0.15, 0.2) is 0 Å². The second-order valence-electron chi connectivity index (χ2n) is 4.98. The van der Waals surface area contributed by atoms with E-state index in [1.165, 1.54) is 7.05 Å². The summed E-state index contributed by atoms with van der Waals surface area (Å²) in [7, 11) is 1.54. The minimum Gasteiger partial charge on any atom is -0.444 e. The van der Waals surface area contributed by atoms with Gasteiger partial charge in [0.2, 0.25) is 5.91 Å². The van der Waals surface area contributed by atoms with Crippen LogP contribution in [0.1, 0.15) is 34.6 Å². The maximum Gasteiger partial charge on any atom is 0.408 e. The number of rotatable bonds is 3. The Labute approximate surface area is 96.9 Å². The molecule has 1 unspecified atom stereocenters. The van der Waals surface area contributed by atoms with E-state index in [-0.39, 0.29) is 11.8 Å². The normalized spacial score (nSPS) is 13.2. The molecule has 0 aromatic rings. The summed E-state index contributed by atoms with van der Waals surface area (Å²) < 4.78 is 5.08. The average molecular weight is 230 g/mol. The quantitative estimate of drug-likeness (QED) is 0.767. The molecule has 5 heteroatoms. The minimum absolute atomic E-state index is 0.00692. The van der Waals surface area contributed by atoms with Crippen molar-refractivity contribution in [2.45, 2.75) is 46.3 Å². The van der Waals surface area contributed by atoms with E-state index in [0.29, 0.717) is 0 Å². The predicted molar refractivity (Wildman–Crippen MR) is 62.1 cm³/mol. The molecular formula is C11H22N2O3. The summed E-state index contributed by atoms with van der Waals surface area (Å²) in [4.78, 5) is 23.0. The topological polar surface area (TPSA) is 67.4 Å². The Bertz CT molecular complexity index is 256. The Morgan fingerprint density at radius 2 is 1.69 bits per heavy atom.